The summed E-state index contributed by atoms with van der Waals surface area (Å²) in [4.78, 5) is 4.39. The minimum Gasteiger partial charge on any atom is -0.396 e. The lowest BCUT2D eigenvalue weighted by Gasteiger charge is -2.14. The standard InChI is InChI=1S/C14H22N4O/c1-10(2)12-9-13-14(15-6-7-18(13)17-12)16-11(3)5-4-8-19/h6-7,9-11,19H,4-5,8H2,1-3H3,(H,15,16). The number of aromatic nitrogens is 3. The van der Waals surface area contributed by atoms with Gasteiger partial charge in [-0.25, -0.2) is 9.50 Å². The average Bonchev–Trinajstić information content (AvgIpc) is 2.81. The van der Waals surface area contributed by atoms with E-state index in [0.29, 0.717) is 5.92 Å². The lowest BCUT2D eigenvalue weighted by Crippen LogP contribution is -2.17. The number of hydrogen-bond donors (Lipinski definition) is 2. The quantitative estimate of drug-likeness (QED) is 0.839. The Bertz CT molecular complexity index is 535. The normalized spacial score (nSPS) is 13.1. The van der Waals surface area contributed by atoms with Crippen LogP contribution >= 0.6 is 0 Å². The van der Waals surface area contributed by atoms with Gasteiger partial charge >= 0.3 is 0 Å². The molecule has 2 heterocycles. The molecular formula is C14H22N4O. The van der Waals surface area contributed by atoms with E-state index in [-0.39, 0.29) is 12.6 Å². The lowest BCUT2D eigenvalue weighted by molar-refractivity contribution is 0.282. The van der Waals surface area contributed by atoms with Gasteiger partial charge in [-0.1, -0.05) is 13.8 Å². The van der Waals surface area contributed by atoms with Crippen LogP contribution in [0.15, 0.2) is 18.5 Å². The van der Waals surface area contributed by atoms with E-state index in [9.17, 15) is 0 Å². The van der Waals surface area contributed by atoms with Gasteiger partial charge < -0.3 is 10.4 Å². The van der Waals surface area contributed by atoms with E-state index >= 15 is 0 Å². The van der Waals surface area contributed by atoms with Crippen molar-refractivity contribution in [3.8, 4) is 0 Å². The van der Waals surface area contributed by atoms with Crippen LogP contribution in [0, 0.1) is 0 Å². The number of nitrogens with one attached hydrogen (secondary N) is 1. The summed E-state index contributed by atoms with van der Waals surface area (Å²) in [6.07, 6.45) is 5.34. The van der Waals surface area contributed by atoms with E-state index < -0.39 is 0 Å². The Hall–Kier alpha value is -1.62. The fourth-order valence-electron chi connectivity index (χ4n) is 2.04. The summed E-state index contributed by atoms with van der Waals surface area (Å²) in [5, 5.41) is 16.8. The highest BCUT2D eigenvalue weighted by Crippen LogP contribution is 2.20. The highest BCUT2D eigenvalue weighted by Gasteiger charge is 2.11. The zero-order valence-electron chi connectivity index (χ0n) is 11.8. The molecule has 2 rings (SSSR count). The summed E-state index contributed by atoms with van der Waals surface area (Å²) in [5.74, 6) is 1.26. The third kappa shape index (κ3) is 3.23. The number of nitrogens with zero attached hydrogens (tertiary/aromatic N) is 3. The van der Waals surface area contributed by atoms with Crippen LogP contribution in [0.2, 0.25) is 0 Å². The molecule has 2 aromatic rings. The molecule has 2 aromatic heterocycles. The zero-order chi connectivity index (χ0) is 13.8. The Balaban J connectivity index is 2.22. The van der Waals surface area contributed by atoms with E-state index in [1.807, 2.05) is 10.7 Å². The van der Waals surface area contributed by atoms with Crippen molar-refractivity contribution in [2.24, 2.45) is 0 Å². The molecule has 104 valence electrons. The third-order valence-electron chi connectivity index (χ3n) is 3.18. The van der Waals surface area contributed by atoms with Gasteiger partial charge in [0.1, 0.15) is 5.52 Å². The lowest BCUT2D eigenvalue weighted by atomic mass is 10.1. The number of anilines is 1. The molecule has 0 fully saturated rings. The van der Waals surface area contributed by atoms with Gasteiger partial charge in [0, 0.05) is 25.0 Å². The second-order valence-electron chi connectivity index (χ2n) is 5.24. The molecule has 2 N–H and O–H groups in total. The molecule has 1 unspecified atom stereocenters. The van der Waals surface area contributed by atoms with Crippen LogP contribution in [0.3, 0.4) is 0 Å². The molecule has 19 heavy (non-hydrogen) atoms. The van der Waals surface area contributed by atoms with Crippen LogP contribution < -0.4 is 5.32 Å². The fraction of sp³-hybridized carbons (Fsp3) is 0.571. The number of rotatable bonds is 6. The summed E-state index contributed by atoms with van der Waals surface area (Å²) in [5.41, 5.74) is 2.07. The van der Waals surface area contributed by atoms with Crippen molar-refractivity contribution in [2.45, 2.75) is 45.6 Å². The summed E-state index contributed by atoms with van der Waals surface area (Å²) < 4.78 is 1.86. The maximum Gasteiger partial charge on any atom is 0.152 e. The maximum absolute atomic E-state index is 8.86. The molecule has 0 saturated heterocycles. The first-order chi connectivity index (χ1) is 9.11. The minimum absolute atomic E-state index is 0.230. The van der Waals surface area contributed by atoms with E-state index in [2.05, 4.69) is 42.2 Å². The molecule has 5 heteroatoms. The number of aliphatic hydroxyl groups is 1. The van der Waals surface area contributed by atoms with E-state index in [1.165, 1.54) is 0 Å². The second kappa shape index (κ2) is 6.02. The van der Waals surface area contributed by atoms with Crippen molar-refractivity contribution in [1.29, 1.82) is 0 Å². The summed E-state index contributed by atoms with van der Waals surface area (Å²) >= 11 is 0. The predicted octanol–water partition coefficient (Wildman–Crippen LogP) is 2.43. The first-order valence-electron chi connectivity index (χ1n) is 6.83. The van der Waals surface area contributed by atoms with Gasteiger partial charge in [0.15, 0.2) is 5.82 Å². The highest BCUT2D eigenvalue weighted by atomic mass is 16.2. The fourth-order valence-corrected chi connectivity index (χ4v) is 2.04. The molecule has 0 amide bonds. The monoisotopic (exact) mass is 262 g/mol. The van der Waals surface area contributed by atoms with Gasteiger partial charge in [-0.15, -0.1) is 0 Å². The topological polar surface area (TPSA) is 62.5 Å². The summed E-state index contributed by atoms with van der Waals surface area (Å²) in [6, 6.07) is 2.36. The van der Waals surface area contributed by atoms with E-state index in [1.54, 1.807) is 6.20 Å². The highest BCUT2D eigenvalue weighted by molar-refractivity contribution is 5.68. The third-order valence-corrected chi connectivity index (χ3v) is 3.18. The van der Waals surface area contributed by atoms with Crippen LogP contribution in [0.25, 0.3) is 5.52 Å². The molecule has 0 aliphatic carbocycles. The predicted molar refractivity (Wildman–Crippen MR) is 76.5 cm³/mol. The summed E-state index contributed by atoms with van der Waals surface area (Å²) in [6.45, 7) is 6.59. The first kappa shape index (κ1) is 13.8. The van der Waals surface area contributed by atoms with Crippen molar-refractivity contribution < 1.29 is 5.11 Å². The van der Waals surface area contributed by atoms with Crippen LogP contribution in [0.5, 0.6) is 0 Å². The van der Waals surface area contributed by atoms with Crippen LogP contribution in [0.4, 0.5) is 5.82 Å². The van der Waals surface area contributed by atoms with Crippen molar-refractivity contribution >= 4 is 11.3 Å². The van der Waals surface area contributed by atoms with Crippen LogP contribution in [-0.2, 0) is 0 Å². The Kier molecular flexibility index (Phi) is 4.37. The van der Waals surface area contributed by atoms with E-state index in [4.69, 9.17) is 5.11 Å². The zero-order valence-corrected chi connectivity index (χ0v) is 11.8. The molecule has 0 aliphatic rings. The second-order valence-corrected chi connectivity index (χ2v) is 5.24. The van der Waals surface area contributed by atoms with Crippen molar-refractivity contribution in [1.82, 2.24) is 14.6 Å². The largest absolute Gasteiger partial charge is 0.396 e. The molecule has 0 aliphatic heterocycles. The van der Waals surface area contributed by atoms with Gasteiger partial charge in [-0.05, 0) is 31.7 Å². The molecule has 5 nitrogen and oxygen atoms in total. The molecule has 0 aromatic carbocycles. The average molecular weight is 262 g/mol. The molecule has 1 atom stereocenters. The number of fused-ring (bicyclic) bond motifs is 1. The molecule has 0 spiro atoms. The van der Waals surface area contributed by atoms with Crippen molar-refractivity contribution in [3.63, 3.8) is 0 Å². The van der Waals surface area contributed by atoms with Gasteiger partial charge in [0.05, 0.1) is 5.69 Å². The molecule has 0 radical (unpaired) electrons. The Morgan fingerprint density at radius 2 is 2.16 bits per heavy atom. The molecule has 0 saturated carbocycles. The molecular weight excluding hydrogens is 240 g/mol. The maximum atomic E-state index is 8.86. The number of aliphatic hydroxyl groups excluding tert-OH is 1. The van der Waals surface area contributed by atoms with Gasteiger partial charge in [-0.2, -0.15) is 5.10 Å². The minimum atomic E-state index is 0.230. The Morgan fingerprint density at radius 1 is 1.37 bits per heavy atom. The molecule has 0 bridgehead atoms. The van der Waals surface area contributed by atoms with Gasteiger partial charge in [0.2, 0.25) is 0 Å². The Morgan fingerprint density at radius 3 is 2.84 bits per heavy atom. The van der Waals surface area contributed by atoms with E-state index in [0.717, 1.165) is 29.9 Å². The van der Waals surface area contributed by atoms with Crippen LogP contribution in [0.1, 0.15) is 45.2 Å². The van der Waals surface area contributed by atoms with Crippen molar-refractivity contribution in [3.05, 3.63) is 24.2 Å². The van der Waals surface area contributed by atoms with Crippen molar-refractivity contribution in [2.75, 3.05) is 11.9 Å². The smallest absolute Gasteiger partial charge is 0.152 e. The Labute approximate surface area is 113 Å². The van der Waals surface area contributed by atoms with Crippen LogP contribution in [-0.4, -0.2) is 32.4 Å². The van der Waals surface area contributed by atoms with Gasteiger partial charge in [-0.3, -0.25) is 0 Å². The van der Waals surface area contributed by atoms with Gasteiger partial charge in [0.25, 0.3) is 0 Å². The first-order valence-corrected chi connectivity index (χ1v) is 6.83. The SMILES string of the molecule is CC(CCCO)Nc1nccn2nc(C(C)C)cc12. The summed E-state index contributed by atoms with van der Waals surface area (Å²) in [7, 11) is 0. The number of hydrogen-bond acceptors (Lipinski definition) is 4.